The van der Waals surface area contributed by atoms with E-state index in [-0.39, 0.29) is 41.3 Å². The fourth-order valence-corrected chi connectivity index (χ4v) is 7.89. The monoisotopic (exact) mass is 382 g/mol. The topological polar surface area (TPSA) is 92.3 Å². The molecule has 2 amide bonds. The Hall–Kier alpha value is -1.11. The summed E-state index contributed by atoms with van der Waals surface area (Å²) >= 11 is 0. The maximum absolute atomic E-state index is 12.4. The van der Waals surface area contributed by atoms with E-state index in [0.29, 0.717) is 19.3 Å². The molecule has 0 aromatic rings. The van der Waals surface area contributed by atoms with Crippen molar-refractivity contribution in [3.8, 4) is 0 Å². The van der Waals surface area contributed by atoms with Gasteiger partial charge < -0.3 is 10.6 Å². The van der Waals surface area contributed by atoms with Crippen molar-refractivity contribution in [1.29, 1.82) is 0 Å². The van der Waals surface area contributed by atoms with Crippen LogP contribution in [0.5, 0.6) is 0 Å². The van der Waals surface area contributed by atoms with Gasteiger partial charge in [0.05, 0.1) is 18.1 Å². The molecule has 146 valence electrons. The Morgan fingerprint density at radius 1 is 0.885 bits per heavy atom. The van der Waals surface area contributed by atoms with Crippen LogP contribution in [0.25, 0.3) is 0 Å². The number of amides is 2. The fraction of sp³-hybridized carbons (Fsp3) is 0.895. The summed E-state index contributed by atoms with van der Waals surface area (Å²) in [6.07, 6.45) is 9.15. The second-order valence-corrected chi connectivity index (χ2v) is 11.7. The van der Waals surface area contributed by atoms with Crippen LogP contribution >= 0.6 is 0 Å². The van der Waals surface area contributed by atoms with E-state index in [1.165, 1.54) is 38.5 Å². The van der Waals surface area contributed by atoms with Crippen LogP contribution in [0.1, 0.15) is 57.8 Å². The molecule has 26 heavy (non-hydrogen) atoms. The van der Waals surface area contributed by atoms with Crippen molar-refractivity contribution in [3.63, 3.8) is 0 Å². The Morgan fingerprint density at radius 3 is 1.96 bits per heavy atom. The molecule has 0 atom stereocenters. The zero-order valence-electron chi connectivity index (χ0n) is 15.3. The smallest absolute Gasteiger partial charge is 0.239 e. The summed E-state index contributed by atoms with van der Waals surface area (Å²) in [6.45, 7) is -0.00551. The lowest BCUT2D eigenvalue weighted by molar-refractivity contribution is -0.132. The van der Waals surface area contributed by atoms with Crippen LogP contribution < -0.4 is 10.6 Å². The number of carbonyl (C=O) groups excluding carboxylic acids is 2. The highest BCUT2D eigenvalue weighted by Gasteiger charge is 2.51. The van der Waals surface area contributed by atoms with Gasteiger partial charge in [-0.2, -0.15) is 0 Å². The van der Waals surface area contributed by atoms with Crippen molar-refractivity contribution in [1.82, 2.24) is 10.6 Å². The molecule has 5 rings (SSSR count). The zero-order valence-corrected chi connectivity index (χ0v) is 16.2. The molecule has 4 saturated carbocycles. The Bertz CT molecular complexity index is 638. The number of sulfone groups is 1. The van der Waals surface area contributed by atoms with Crippen molar-refractivity contribution in [2.45, 2.75) is 63.8 Å². The molecule has 0 aromatic carbocycles. The first-order chi connectivity index (χ1) is 12.3. The standard InChI is InChI=1S/C19H30N2O4S/c22-17(11-19-8-13-5-14(9-19)7-15(6-13)10-19)20-12-18(23)21-16-1-3-26(24,25)4-2-16/h13-16H,1-12H2,(H,20,22)(H,21,23). The van der Waals surface area contributed by atoms with Gasteiger partial charge in [0.2, 0.25) is 11.8 Å². The molecule has 1 aliphatic heterocycles. The summed E-state index contributed by atoms with van der Waals surface area (Å²) in [4.78, 5) is 24.5. The second-order valence-electron chi connectivity index (χ2n) is 9.36. The molecule has 0 radical (unpaired) electrons. The largest absolute Gasteiger partial charge is 0.352 e. The summed E-state index contributed by atoms with van der Waals surface area (Å²) in [7, 11) is -2.92. The van der Waals surface area contributed by atoms with Crippen molar-refractivity contribution < 1.29 is 18.0 Å². The first kappa shape index (κ1) is 18.3. The van der Waals surface area contributed by atoms with E-state index in [1.807, 2.05) is 0 Å². The molecule has 6 nitrogen and oxygen atoms in total. The first-order valence-electron chi connectivity index (χ1n) is 10.1. The third kappa shape index (κ3) is 4.07. The van der Waals surface area contributed by atoms with Crippen LogP contribution in [0.3, 0.4) is 0 Å². The van der Waals surface area contributed by atoms with Gasteiger partial charge in [0.1, 0.15) is 9.84 Å². The number of rotatable bonds is 5. The van der Waals surface area contributed by atoms with Crippen LogP contribution in [-0.4, -0.2) is 44.3 Å². The molecule has 5 fully saturated rings. The van der Waals surface area contributed by atoms with Gasteiger partial charge in [-0.1, -0.05) is 0 Å². The van der Waals surface area contributed by atoms with E-state index in [0.717, 1.165) is 17.8 Å². The number of carbonyl (C=O) groups is 2. The predicted molar refractivity (Wildman–Crippen MR) is 98.1 cm³/mol. The van der Waals surface area contributed by atoms with Crippen LogP contribution in [0.2, 0.25) is 0 Å². The van der Waals surface area contributed by atoms with Crippen molar-refractivity contribution >= 4 is 21.7 Å². The molecule has 4 bridgehead atoms. The van der Waals surface area contributed by atoms with E-state index in [9.17, 15) is 18.0 Å². The number of nitrogens with one attached hydrogen (secondary N) is 2. The Balaban J connectivity index is 1.21. The first-order valence-corrected chi connectivity index (χ1v) is 11.9. The van der Waals surface area contributed by atoms with E-state index in [1.54, 1.807) is 0 Å². The Kier molecular flexibility index (Phi) is 4.78. The highest BCUT2D eigenvalue weighted by Crippen LogP contribution is 2.61. The van der Waals surface area contributed by atoms with Crippen molar-refractivity contribution in [2.75, 3.05) is 18.1 Å². The van der Waals surface area contributed by atoms with Gasteiger partial charge in [-0.25, -0.2) is 8.42 Å². The second kappa shape index (κ2) is 6.80. The lowest BCUT2D eigenvalue weighted by Gasteiger charge is -2.56. The van der Waals surface area contributed by atoms with Gasteiger partial charge in [0.15, 0.2) is 0 Å². The lowest BCUT2D eigenvalue weighted by Crippen LogP contribution is -2.49. The van der Waals surface area contributed by atoms with Crippen LogP contribution in [0.15, 0.2) is 0 Å². The highest BCUT2D eigenvalue weighted by atomic mass is 32.2. The Labute approximate surface area is 155 Å². The molecule has 0 unspecified atom stereocenters. The summed E-state index contributed by atoms with van der Waals surface area (Å²) in [5.41, 5.74) is 0.188. The van der Waals surface area contributed by atoms with E-state index in [2.05, 4.69) is 10.6 Å². The third-order valence-electron chi connectivity index (χ3n) is 7.07. The SMILES string of the molecule is O=C(CC12CC3CC(CC(C3)C1)C2)NCC(=O)NC1CCS(=O)(=O)CC1. The molecule has 0 spiro atoms. The van der Waals surface area contributed by atoms with Crippen LogP contribution in [0, 0.1) is 23.2 Å². The average molecular weight is 383 g/mol. The Morgan fingerprint density at radius 2 is 1.42 bits per heavy atom. The van der Waals surface area contributed by atoms with E-state index < -0.39 is 9.84 Å². The van der Waals surface area contributed by atoms with Gasteiger partial charge >= 0.3 is 0 Å². The van der Waals surface area contributed by atoms with Crippen molar-refractivity contribution in [2.24, 2.45) is 23.2 Å². The molecule has 2 N–H and O–H groups in total. The molecule has 1 heterocycles. The number of hydrogen-bond donors (Lipinski definition) is 2. The van der Waals surface area contributed by atoms with Gasteiger partial charge in [-0.3, -0.25) is 9.59 Å². The van der Waals surface area contributed by atoms with E-state index >= 15 is 0 Å². The minimum Gasteiger partial charge on any atom is -0.352 e. The summed E-state index contributed by atoms with van der Waals surface area (Å²) in [6, 6.07) is -0.0916. The van der Waals surface area contributed by atoms with Gasteiger partial charge in [0.25, 0.3) is 0 Å². The molecule has 5 aliphatic rings. The lowest BCUT2D eigenvalue weighted by atomic mass is 9.49. The highest BCUT2D eigenvalue weighted by molar-refractivity contribution is 7.91. The fourth-order valence-electron chi connectivity index (χ4n) is 6.40. The van der Waals surface area contributed by atoms with Crippen molar-refractivity contribution in [3.05, 3.63) is 0 Å². The molecule has 7 heteroatoms. The minimum atomic E-state index is -2.92. The maximum atomic E-state index is 12.4. The quantitative estimate of drug-likeness (QED) is 0.752. The minimum absolute atomic E-state index is 0.00551. The molecule has 0 aromatic heterocycles. The van der Waals surface area contributed by atoms with Crippen LogP contribution in [-0.2, 0) is 19.4 Å². The summed E-state index contributed by atoms with van der Waals surface area (Å²) in [5, 5.41) is 5.65. The third-order valence-corrected chi connectivity index (χ3v) is 8.78. The molecular formula is C19H30N2O4S. The average Bonchev–Trinajstić information content (AvgIpc) is 2.53. The maximum Gasteiger partial charge on any atom is 0.239 e. The van der Waals surface area contributed by atoms with Gasteiger partial charge in [0, 0.05) is 12.5 Å². The summed E-state index contributed by atoms with van der Waals surface area (Å²) < 4.78 is 22.9. The van der Waals surface area contributed by atoms with Gasteiger partial charge in [-0.15, -0.1) is 0 Å². The summed E-state index contributed by atoms with van der Waals surface area (Å²) in [5.74, 6) is 2.51. The van der Waals surface area contributed by atoms with Crippen LogP contribution in [0.4, 0.5) is 0 Å². The zero-order chi connectivity index (χ0) is 18.4. The predicted octanol–water partition coefficient (Wildman–Crippen LogP) is 1.40. The molecule has 4 aliphatic carbocycles. The molecule has 1 saturated heterocycles. The van der Waals surface area contributed by atoms with Gasteiger partial charge in [-0.05, 0) is 74.5 Å². The normalized spacial score (nSPS) is 38.1. The van der Waals surface area contributed by atoms with E-state index in [4.69, 9.17) is 0 Å². The number of hydrogen-bond acceptors (Lipinski definition) is 4. The molecular weight excluding hydrogens is 352 g/mol.